The van der Waals surface area contributed by atoms with Gasteiger partial charge in [-0.3, -0.25) is 4.90 Å². The molecular formula is C22H26N2O. The van der Waals surface area contributed by atoms with E-state index in [-0.39, 0.29) is 6.61 Å². The van der Waals surface area contributed by atoms with Gasteiger partial charge in [0.15, 0.2) is 0 Å². The van der Waals surface area contributed by atoms with Gasteiger partial charge in [0.1, 0.15) is 0 Å². The maximum absolute atomic E-state index is 8.77. The summed E-state index contributed by atoms with van der Waals surface area (Å²) in [6.45, 7) is 3.34. The van der Waals surface area contributed by atoms with Crippen LogP contribution in [0.3, 0.4) is 0 Å². The molecule has 3 nitrogen and oxygen atoms in total. The third-order valence-electron chi connectivity index (χ3n) is 4.48. The normalized spacial score (nSPS) is 17.6. The van der Waals surface area contributed by atoms with E-state index in [1.165, 1.54) is 24.1 Å². The van der Waals surface area contributed by atoms with Crippen LogP contribution in [-0.4, -0.2) is 35.7 Å². The molecule has 1 unspecified atom stereocenters. The summed E-state index contributed by atoms with van der Waals surface area (Å²) < 4.78 is 0. The highest BCUT2D eigenvalue weighted by atomic mass is 16.2. The van der Waals surface area contributed by atoms with E-state index in [1.807, 2.05) is 0 Å². The molecule has 2 aromatic rings. The van der Waals surface area contributed by atoms with Crippen LogP contribution in [0.25, 0.3) is 0 Å². The molecule has 1 aliphatic heterocycles. The van der Waals surface area contributed by atoms with Gasteiger partial charge in [0.05, 0.1) is 6.61 Å². The number of nitrogens with zero attached hydrogens (tertiary/aromatic N) is 1. The molecule has 25 heavy (non-hydrogen) atoms. The van der Waals surface area contributed by atoms with Gasteiger partial charge >= 0.3 is 0 Å². The fourth-order valence-electron chi connectivity index (χ4n) is 3.26. The molecule has 0 radical (unpaired) electrons. The van der Waals surface area contributed by atoms with E-state index in [0.717, 1.165) is 25.2 Å². The summed E-state index contributed by atoms with van der Waals surface area (Å²) in [7, 11) is 0. The minimum Gasteiger partial charge on any atom is -0.395 e. The Morgan fingerprint density at radius 1 is 1.08 bits per heavy atom. The van der Waals surface area contributed by atoms with Crippen LogP contribution in [0, 0.1) is 11.8 Å². The van der Waals surface area contributed by atoms with Crippen molar-refractivity contribution in [2.45, 2.75) is 31.8 Å². The molecule has 0 aromatic heterocycles. The number of hydrogen-bond donors (Lipinski definition) is 2. The fraction of sp³-hybridized carbons (Fsp3) is 0.364. The Hall–Kier alpha value is -2.28. The van der Waals surface area contributed by atoms with E-state index in [0.29, 0.717) is 12.5 Å². The summed E-state index contributed by atoms with van der Waals surface area (Å²) in [4.78, 5) is 2.52. The van der Waals surface area contributed by atoms with E-state index < -0.39 is 0 Å². The number of anilines is 1. The molecular weight excluding hydrogens is 308 g/mol. The lowest BCUT2D eigenvalue weighted by molar-refractivity contribution is 0.208. The SMILES string of the molecule is OCCC#Cc1ccc(CN2CCCC(Nc3ccccc3)C2)cc1. The van der Waals surface area contributed by atoms with Crippen molar-refractivity contribution in [3.05, 3.63) is 65.7 Å². The first-order valence-electron chi connectivity index (χ1n) is 9.06. The van der Waals surface area contributed by atoms with Crippen molar-refractivity contribution in [1.29, 1.82) is 0 Å². The Morgan fingerprint density at radius 3 is 2.64 bits per heavy atom. The fourth-order valence-corrected chi connectivity index (χ4v) is 3.26. The van der Waals surface area contributed by atoms with E-state index in [4.69, 9.17) is 5.11 Å². The average Bonchev–Trinajstić information content (AvgIpc) is 2.65. The molecule has 130 valence electrons. The molecule has 0 bridgehead atoms. The second-order valence-electron chi connectivity index (χ2n) is 6.56. The lowest BCUT2D eigenvalue weighted by Gasteiger charge is -2.33. The Kier molecular flexibility index (Phi) is 6.50. The van der Waals surface area contributed by atoms with Crippen LogP contribution in [0.5, 0.6) is 0 Å². The molecule has 3 heteroatoms. The monoisotopic (exact) mass is 334 g/mol. The number of aliphatic hydroxyl groups excluding tert-OH is 1. The number of piperidine rings is 1. The molecule has 1 atom stereocenters. The zero-order valence-electron chi connectivity index (χ0n) is 14.6. The summed E-state index contributed by atoms with van der Waals surface area (Å²) in [5.74, 6) is 6.04. The molecule has 1 fully saturated rings. The van der Waals surface area contributed by atoms with Gasteiger partial charge in [-0.25, -0.2) is 0 Å². The molecule has 0 spiro atoms. The van der Waals surface area contributed by atoms with Crippen molar-refractivity contribution < 1.29 is 5.11 Å². The largest absolute Gasteiger partial charge is 0.395 e. The van der Waals surface area contributed by atoms with Crippen LogP contribution < -0.4 is 5.32 Å². The Morgan fingerprint density at radius 2 is 1.88 bits per heavy atom. The minimum absolute atomic E-state index is 0.123. The van der Waals surface area contributed by atoms with Gasteiger partial charge in [-0.2, -0.15) is 0 Å². The van der Waals surface area contributed by atoms with Gasteiger partial charge in [-0.1, -0.05) is 42.2 Å². The minimum atomic E-state index is 0.123. The topological polar surface area (TPSA) is 35.5 Å². The van der Waals surface area contributed by atoms with E-state index >= 15 is 0 Å². The molecule has 0 amide bonds. The molecule has 2 N–H and O–H groups in total. The summed E-state index contributed by atoms with van der Waals surface area (Å²) in [5.41, 5.74) is 3.55. The maximum Gasteiger partial charge on any atom is 0.0540 e. The van der Waals surface area contributed by atoms with Crippen molar-refractivity contribution in [2.24, 2.45) is 0 Å². The summed E-state index contributed by atoms with van der Waals surface area (Å²) in [6.07, 6.45) is 2.99. The Bertz CT molecular complexity index is 700. The van der Waals surface area contributed by atoms with Gasteiger partial charge in [0.2, 0.25) is 0 Å². The standard InChI is InChI=1S/C22H26N2O/c25-16-5-4-7-19-11-13-20(14-12-19)17-24-15-6-10-22(18-24)23-21-8-2-1-3-9-21/h1-3,8-9,11-14,22-23,25H,5-6,10,15-18H2. The maximum atomic E-state index is 8.77. The van der Waals surface area contributed by atoms with E-state index in [1.54, 1.807) is 0 Å². The van der Waals surface area contributed by atoms with Gasteiger partial charge in [-0.15, -0.1) is 0 Å². The third kappa shape index (κ3) is 5.63. The van der Waals surface area contributed by atoms with Crippen LogP contribution in [-0.2, 0) is 6.54 Å². The van der Waals surface area contributed by atoms with Crippen molar-refractivity contribution >= 4 is 5.69 Å². The van der Waals surface area contributed by atoms with Crippen molar-refractivity contribution in [1.82, 2.24) is 4.90 Å². The van der Waals surface area contributed by atoms with E-state index in [2.05, 4.69) is 76.7 Å². The van der Waals surface area contributed by atoms with Crippen molar-refractivity contribution in [3.63, 3.8) is 0 Å². The summed E-state index contributed by atoms with van der Waals surface area (Å²) in [5, 5.41) is 12.4. The van der Waals surface area contributed by atoms with Gasteiger partial charge in [0, 0.05) is 36.8 Å². The van der Waals surface area contributed by atoms with Crippen LogP contribution in [0.4, 0.5) is 5.69 Å². The quantitative estimate of drug-likeness (QED) is 0.822. The first-order chi connectivity index (χ1) is 12.3. The molecule has 1 heterocycles. The summed E-state index contributed by atoms with van der Waals surface area (Å²) in [6, 6.07) is 19.5. The highest BCUT2D eigenvalue weighted by Crippen LogP contribution is 2.18. The predicted molar refractivity (Wildman–Crippen MR) is 103 cm³/mol. The number of nitrogens with one attached hydrogen (secondary N) is 1. The van der Waals surface area contributed by atoms with Crippen LogP contribution in [0.15, 0.2) is 54.6 Å². The van der Waals surface area contributed by atoms with Crippen LogP contribution >= 0.6 is 0 Å². The van der Waals surface area contributed by atoms with Crippen molar-refractivity contribution in [3.8, 4) is 11.8 Å². The first kappa shape index (κ1) is 17.5. The molecule has 3 rings (SSSR count). The zero-order valence-corrected chi connectivity index (χ0v) is 14.6. The number of benzene rings is 2. The molecule has 1 aliphatic rings. The number of rotatable bonds is 5. The predicted octanol–water partition coefficient (Wildman–Crippen LogP) is 3.50. The van der Waals surface area contributed by atoms with Gasteiger partial charge < -0.3 is 10.4 Å². The molecule has 1 saturated heterocycles. The highest BCUT2D eigenvalue weighted by Gasteiger charge is 2.19. The Labute approximate surface area is 150 Å². The lowest BCUT2D eigenvalue weighted by atomic mass is 10.0. The average molecular weight is 334 g/mol. The lowest BCUT2D eigenvalue weighted by Crippen LogP contribution is -2.41. The third-order valence-corrected chi connectivity index (χ3v) is 4.48. The summed E-state index contributed by atoms with van der Waals surface area (Å²) >= 11 is 0. The van der Waals surface area contributed by atoms with Gasteiger partial charge in [0.25, 0.3) is 0 Å². The van der Waals surface area contributed by atoms with Crippen molar-refractivity contribution in [2.75, 3.05) is 25.0 Å². The molecule has 0 saturated carbocycles. The molecule has 0 aliphatic carbocycles. The van der Waals surface area contributed by atoms with Crippen LogP contribution in [0.1, 0.15) is 30.4 Å². The van der Waals surface area contributed by atoms with Crippen LogP contribution in [0.2, 0.25) is 0 Å². The van der Waals surface area contributed by atoms with E-state index in [9.17, 15) is 0 Å². The second kappa shape index (κ2) is 9.27. The smallest absolute Gasteiger partial charge is 0.0540 e. The zero-order chi connectivity index (χ0) is 17.3. The van der Waals surface area contributed by atoms with Gasteiger partial charge in [-0.05, 0) is 49.2 Å². The second-order valence-corrected chi connectivity index (χ2v) is 6.56. The number of aliphatic hydroxyl groups is 1. The number of likely N-dealkylation sites (tertiary alicyclic amines) is 1. The number of para-hydroxylation sites is 1. The Balaban J connectivity index is 1.53. The number of hydrogen-bond acceptors (Lipinski definition) is 3. The first-order valence-corrected chi connectivity index (χ1v) is 9.06. The highest BCUT2D eigenvalue weighted by molar-refractivity contribution is 5.43. The molecule has 2 aromatic carbocycles.